The van der Waals surface area contributed by atoms with Gasteiger partial charge in [-0.1, -0.05) is 13.3 Å². The van der Waals surface area contributed by atoms with E-state index in [1.807, 2.05) is 6.92 Å². The molecule has 0 radical (unpaired) electrons. The number of benzene rings is 1. The zero-order chi connectivity index (χ0) is 15.8. The van der Waals surface area contributed by atoms with Crippen molar-refractivity contribution in [2.45, 2.75) is 30.7 Å². The fourth-order valence-corrected chi connectivity index (χ4v) is 2.69. The normalized spacial score (nSPS) is 20.9. The molecule has 1 aromatic carbocycles. The first kappa shape index (κ1) is 15.4. The van der Waals surface area contributed by atoms with Crippen LogP contribution in [0.5, 0.6) is 0 Å². The summed E-state index contributed by atoms with van der Waals surface area (Å²) in [4.78, 5) is 21.6. The van der Waals surface area contributed by atoms with Crippen LogP contribution < -0.4 is 10.5 Å². The highest BCUT2D eigenvalue weighted by molar-refractivity contribution is 7.89. The summed E-state index contributed by atoms with van der Waals surface area (Å²) in [7, 11) is -4.13. The van der Waals surface area contributed by atoms with Crippen molar-refractivity contribution in [1.82, 2.24) is 5.32 Å². The van der Waals surface area contributed by atoms with Gasteiger partial charge in [-0.2, -0.15) is 0 Å². The summed E-state index contributed by atoms with van der Waals surface area (Å²) < 4.78 is 22.7. The second-order valence-corrected chi connectivity index (χ2v) is 6.56. The lowest BCUT2D eigenvalue weighted by atomic mass is 10.2. The largest absolute Gasteiger partial charge is 0.349 e. The maximum absolute atomic E-state index is 12.0. The highest BCUT2D eigenvalue weighted by Gasteiger charge is 2.36. The standard InChI is InChI=1S/C12H15N3O5S/c1-2-7-5-11(7)14-12(16)8-3-9(15(17)18)6-10(4-8)21(13,19)20/h3-4,6-7,11H,2,5H2,1H3,(H,14,16)(H2,13,19,20). The quantitative estimate of drug-likeness (QED) is 0.612. The van der Waals surface area contributed by atoms with Crippen LogP contribution in [-0.2, 0) is 10.0 Å². The molecule has 1 fully saturated rings. The Hall–Kier alpha value is -2.00. The molecular weight excluding hydrogens is 298 g/mol. The Balaban J connectivity index is 2.32. The Kier molecular flexibility index (Phi) is 3.97. The van der Waals surface area contributed by atoms with Crippen molar-refractivity contribution in [3.8, 4) is 0 Å². The molecule has 8 nitrogen and oxygen atoms in total. The number of amides is 1. The first-order chi connectivity index (χ1) is 9.72. The molecule has 0 aromatic heterocycles. The molecule has 1 aliphatic rings. The molecule has 0 bridgehead atoms. The Bertz CT molecular complexity index is 701. The van der Waals surface area contributed by atoms with Crippen molar-refractivity contribution >= 4 is 21.6 Å². The molecule has 0 aliphatic heterocycles. The molecule has 9 heteroatoms. The lowest BCUT2D eigenvalue weighted by molar-refractivity contribution is -0.385. The molecule has 2 unspecified atom stereocenters. The summed E-state index contributed by atoms with van der Waals surface area (Å²) in [5.41, 5.74) is -0.579. The lowest BCUT2D eigenvalue weighted by Gasteiger charge is -2.06. The second-order valence-electron chi connectivity index (χ2n) is 5.00. The van der Waals surface area contributed by atoms with Gasteiger partial charge in [-0.25, -0.2) is 13.6 Å². The minimum absolute atomic E-state index is 0.0414. The van der Waals surface area contributed by atoms with Crippen molar-refractivity contribution in [1.29, 1.82) is 0 Å². The van der Waals surface area contributed by atoms with Gasteiger partial charge < -0.3 is 5.32 Å². The zero-order valence-electron chi connectivity index (χ0n) is 11.3. The van der Waals surface area contributed by atoms with Crippen LogP contribution in [0.15, 0.2) is 23.1 Å². The van der Waals surface area contributed by atoms with Crippen LogP contribution in [0, 0.1) is 16.0 Å². The molecule has 1 aromatic rings. The summed E-state index contributed by atoms with van der Waals surface area (Å²) in [6.45, 7) is 2.00. The zero-order valence-corrected chi connectivity index (χ0v) is 12.1. The minimum Gasteiger partial charge on any atom is -0.349 e. The molecule has 114 valence electrons. The SMILES string of the molecule is CCC1CC1NC(=O)c1cc([N+](=O)[O-])cc(S(N)(=O)=O)c1. The van der Waals surface area contributed by atoms with Crippen LogP contribution in [0.2, 0.25) is 0 Å². The fraction of sp³-hybridized carbons (Fsp3) is 0.417. The first-order valence-electron chi connectivity index (χ1n) is 6.35. The number of sulfonamides is 1. The molecule has 21 heavy (non-hydrogen) atoms. The summed E-state index contributed by atoms with van der Waals surface area (Å²) >= 11 is 0. The number of carbonyl (C=O) groups is 1. The smallest absolute Gasteiger partial charge is 0.271 e. The number of carbonyl (C=O) groups excluding carboxylic acids is 1. The van der Waals surface area contributed by atoms with Crippen LogP contribution in [0.3, 0.4) is 0 Å². The highest BCUT2D eigenvalue weighted by Crippen LogP contribution is 2.33. The Labute approximate surface area is 121 Å². The van der Waals surface area contributed by atoms with Gasteiger partial charge in [0.15, 0.2) is 0 Å². The highest BCUT2D eigenvalue weighted by atomic mass is 32.2. The number of hydrogen-bond donors (Lipinski definition) is 2. The summed E-state index contributed by atoms with van der Waals surface area (Å²) in [6.07, 6.45) is 1.79. The Morgan fingerprint density at radius 3 is 2.62 bits per heavy atom. The predicted octanol–water partition coefficient (Wildman–Crippen LogP) is 0.771. The maximum Gasteiger partial charge on any atom is 0.271 e. The van der Waals surface area contributed by atoms with E-state index in [2.05, 4.69) is 5.32 Å². The number of primary sulfonamides is 1. The third kappa shape index (κ3) is 3.56. The van der Waals surface area contributed by atoms with Crippen LogP contribution in [-0.4, -0.2) is 25.3 Å². The van der Waals surface area contributed by atoms with Crippen molar-refractivity contribution in [3.05, 3.63) is 33.9 Å². The number of non-ortho nitro benzene ring substituents is 1. The monoisotopic (exact) mass is 313 g/mol. The molecular formula is C12H15N3O5S. The van der Waals surface area contributed by atoms with E-state index in [4.69, 9.17) is 5.14 Å². The minimum atomic E-state index is -4.13. The van der Waals surface area contributed by atoms with Gasteiger partial charge in [-0.3, -0.25) is 14.9 Å². The molecule has 1 saturated carbocycles. The Morgan fingerprint density at radius 2 is 2.14 bits per heavy atom. The Morgan fingerprint density at radius 1 is 1.48 bits per heavy atom. The van der Waals surface area contributed by atoms with Crippen LogP contribution in [0.1, 0.15) is 30.1 Å². The molecule has 0 heterocycles. The van der Waals surface area contributed by atoms with Gasteiger partial charge in [0.05, 0.1) is 9.82 Å². The van der Waals surface area contributed by atoms with Gasteiger partial charge in [0.25, 0.3) is 11.6 Å². The predicted molar refractivity (Wildman–Crippen MR) is 74.1 cm³/mol. The third-order valence-corrected chi connectivity index (χ3v) is 4.35. The third-order valence-electron chi connectivity index (χ3n) is 3.46. The number of nitro benzene ring substituents is 1. The van der Waals surface area contributed by atoms with Gasteiger partial charge in [0, 0.05) is 23.7 Å². The van der Waals surface area contributed by atoms with Crippen LogP contribution in [0.25, 0.3) is 0 Å². The van der Waals surface area contributed by atoms with Crippen LogP contribution in [0.4, 0.5) is 5.69 Å². The number of nitrogens with one attached hydrogen (secondary N) is 1. The van der Waals surface area contributed by atoms with Gasteiger partial charge in [-0.15, -0.1) is 0 Å². The number of nitrogens with two attached hydrogens (primary N) is 1. The van der Waals surface area contributed by atoms with Crippen LogP contribution >= 0.6 is 0 Å². The fourth-order valence-electron chi connectivity index (χ4n) is 2.11. The van der Waals surface area contributed by atoms with E-state index in [1.54, 1.807) is 0 Å². The molecule has 1 amide bonds. The van der Waals surface area contributed by atoms with Gasteiger partial charge in [0.1, 0.15) is 0 Å². The average Bonchev–Trinajstić information content (AvgIpc) is 3.15. The number of nitrogens with zero attached hydrogens (tertiary/aromatic N) is 1. The molecule has 1 aliphatic carbocycles. The van der Waals surface area contributed by atoms with E-state index in [0.29, 0.717) is 5.92 Å². The second kappa shape index (κ2) is 5.41. The summed E-state index contributed by atoms with van der Waals surface area (Å²) in [5, 5.41) is 18.5. The van der Waals surface area contributed by atoms with E-state index in [-0.39, 0.29) is 11.6 Å². The first-order valence-corrected chi connectivity index (χ1v) is 7.90. The summed E-state index contributed by atoms with van der Waals surface area (Å²) in [5.74, 6) is -0.130. The topological polar surface area (TPSA) is 132 Å². The van der Waals surface area contributed by atoms with E-state index in [1.165, 1.54) is 0 Å². The van der Waals surface area contributed by atoms with Gasteiger partial charge in [0.2, 0.25) is 10.0 Å². The summed E-state index contributed by atoms with van der Waals surface area (Å²) in [6, 6.07) is 2.95. The van der Waals surface area contributed by atoms with E-state index >= 15 is 0 Å². The van der Waals surface area contributed by atoms with Crippen molar-refractivity contribution in [2.75, 3.05) is 0 Å². The maximum atomic E-state index is 12.0. The van der Waals surface area contributed by atoms with E-state index in [0.717, 1.165) is 31.0 Å². The van der Waals surface area contributed by atoms with E-state index < -0.39 is 31.4 Å². The number of nitro groups is 1. The van der Waals surface area contributed by atoms with Gasteiger partial charge in [-0.05, 0) is 18.4 Å². The molecule has 2 rings (SSSR count). The van der Waals surface area contributed by atoms with Gasteiger partial charge >= 0.3 is 0 Å². The lowest BCUT2D eigenvalue weighted by Crippen LogP contribution is -2.27. The molecule has 0 saturated heterocycles. The number of hydrogen-bond acceptors (Lipinski definition) is 5. The molecule has 0 spiro atoms. The molecule has 2 atom stereocenters. The average molecular weight is 313 g/mol. The number of rotatable bonds is 5. The van der Waals surface area contributed by atoms with Crippen molar-refractivity contribution in [3.63, 3.8) is 0 Å². The van der Waals surface area contributed by atoms with Crippen molar-refractivity contribution < 1.29 is 18.1 Å². The van der Waals surface area contributed by atoms with E-state index in [9.17, 15) is 23.3 Å². The molecule has 3 N–H and O–H groups in total. The van der Waals surface area contributed by atoms with Crippen molar-refractivity contribution in [2.24, 2.45) is 11.1 Å².